The van der Waals surface area contributed by atoms with Crippen LogP contribution in [-0.2, 0) is 4.79 Å². The van der Waals surface area contributed by atoms with E-state index in [1.807, 2.05) is 0 Å². The van der Waals surface area contributed by atoms with Crippen molar-refractivity contribution in [1.82, 2.24) is 5.32 Å². The van der Waals surface area contributed by atoms with Gasteiger partial charge in [0, 0.05) is 17.8 Å². The van der Waals surface area contributed by atoms with Crippen LogP contribution in [0.1, 0.15) is 25.7 Å². The predicted octanol–water partition coefficient (Wildman–Crippen LogP) is 1.71. The summed E-state index contributed by atoms with van der Waals surface area (Å²) >= 11 is 0. The van der Waals surface area contributed by atoms with Crippen LogP contribution in [0.4, 0.5) is 5.69 Å². The topological polar surface area (TPSA) is 73.6 Å². The van der Waals surface area contributed by atoms with Crippen LogP contribution in [0.2, 0.25) is 0 Å². The number of benzene rings is 1. The van der Waals surface area contributed by atoms with Gasteiger partial charge in [-0.2, -0.15) is 0 Å². The second-order valence-electron chi connectivity index (χ2n) is 4.75. The highest BCUT2D eigenvalue weighted by atomic mass is 16.5. The number of nitrogens with one attached hydrogen (secondary N) is 1. The Kier molecular flexibility index (Phi) is 4.49. The van der Waals surface area contributed by atoms with Gasteiger partial charge in [-0.1, -0.05) is 12.8 Å². The molecular weight excluding hydrogens is 244 g/mol. The van der Waals surface area contributed by atoms with Gasteiger partial charge in [0.15, 0.2) is 18.1 Å². The Labute approximate surface area is 113 Å². The SMILES string of the molecule is COc1cc(N)ccc1OCC(=O)NC1CCCC1. The van der Waals surface area contributed by atoms with Crippen molar-refractivity contribution >= 4 is 11.6 Å². The van der Waals surface area contributed by atoms with Crippen LogP contribution in [0.15, 0.2) is 18.2 Å². The minimum absolute atomic E-state index is 0.00320. The summed E-state index contributed by atoms with van der Waals surface area (Å²) in [5, 5.41) is 2.97. The van der Waals surface area contributed by atoms with Crippen LogP contribution in [-0.4, -0.2) is 25.7 Å². The highest BCUT2D eigenvalue weighted by molar-refractivity contribution is 5.78. The second-order valence-corrected chi connectivity index (χ2v) is 4.75. The Morgan fingerprint density at radius 3 is 2.79 bits per heavy atom. The third-order valence-corrected chi connectivity index (χ3v) is 3.27. The number of nitrogen functional groups attached to an aromatic ring is 1. The first kappa shape index (κ1) is 13.5. The molecule has 0 unspecified atom stereocenters. The maximum Gasteiger partial charge on any atom is 0.258 e. The molecule has 0 aliphatic heterocycles. The first-order chi connectivity index (χ1) is 9.19. The van der Waals surface area contributed by atoms with E-state index in [9.17, 15) is 4.79 Å². The molecule has 3 N–H and O–H groups in total. The van der Waals surface area contributed by atoms with Crippen LogP contribution in [0, 0.1) is 0 Å². The molecule has 0 spiro atoms. The number of methoxy groups -OCH3 is 1. The summed E-state index contributed by atoms with van der Waals surface area (Å²) in [7, 11) is 1.54. The van der Waals surface area contributed by atoms with E-state index in [0.29, 0.717) is 23.2 Å². The van der Waals surface area contributed by atoms with E-state index in [2.05, 4.69) is 5.32 Å². The molecule has 5 heteroatoms. The molecule has 0 aromatic heterocycles. The highest BCUT2D eigenvalue weighted by Crippen LogP contribution is 2.28. The minimum atomic E-state index is -0.0919. The molecule has 1 amide bonds. The first-order valence-electron chi connectivity index (χ1n) is 6.54. The molecule has 1 aliphatic carbocycles. The van der Waals surface area contributed by atoms with Gasteiger partial charge in [0.25, 0.3) is 5.91 Å². The van der Waals surface area contributed by atoms with Gasteiger partial charge in [0.2, 0.25) is 0 Å². The molecule has 0 radical (unpaired) electrons. The van der Waals surface area contributed by atoms with E-state index in [1.54, 1.807) is 25.3 Å². The molecule has 5 nitrogen and oxygen atoms in total. The van der Waals surface area contributed by atoms with E-state index in [4.69, 9.17) is 15.2 Å². The van der Waals surface area contributed by atoms with Crippen molar-refractivity contribution in [2.24, 2.45) is 0 Å². The van der Waals surface area contributed by atoms with Gasteiger partial charge in [0.1, 0.15) is 0 Å². The average Bonchev–Trinajstić information content (AvgIpc) is 2.90. The number of nitrogens with two attached hydrogens (primary N) is 1. The molecule has 1 aromatic carbocycles. The van der Waals surface area contributed by atoms with Gasteiger partial charge in [-0.05, 0) is 25.0 Å². The number of ether oxygens (including phenoxy) is 2. The van der Waals surface area contributed by atoms with Crippen molar-refractivity contribution in [2.45, 2.75) is 31.7 Å². The molecule has 1 aromatic rings. The summed E-state index contributed by atoms with van der Waals surface area (Å²) < 4.78 is 10.6. The standard InChI is InChI=1S/C14H20N2O3/c1-18-13-8-10(15)6-7-12(13)19-9-14(17)16-11-4-2-3-5-11/h6-8,11H,2-5,9,15H2,1H3,(H,16,17). The maximum atomic E-state index is 11.7. The third kappa shape index (κ3) is 3.77. The normalized spacial score (nSPS) is 15.2. The Bertz CT molecular complexity index is 442. The van der Waals surface area contributed by atoms with Crippen LogP contribution >= 0.6 is 0 Å². The van der Waals surface area contributed by atoms with Crippen LogP contribution < -0.4 is 20.5 Å². The predicted molar refractivity (Wildman–Crippen MR) is 73.3 cm³/mol. The summed E-state index contributed by atoms with van der Waals surface area (Å²) in [6, 6.07) is 5.40. The van der Waals surface area contributed by atoms with E-state index in [1.165, 1.54) is 12.8 Å². The Balaban J connectivity index is 1.85. The lowest BCUT2D eigenvalue weighted by atomic mass is 10.2. The Morgan fingerprint density at radius 1 is 1.37 bits per heavy atom. The molecule has 0 heterocycles. The van der Waals surface area contributed by atoms with Gasteiger partial charge < -0.3 is 20.5 Å². The molecule has 0 atom stereocenters. The molecule has 1 aliphatic rings. The van der Waals surface area contributed by atoms with Crippen molar-refractivity contribution < 1.29 is 14.3 Å². The fourth-order valence-electron chi connectivity index (χ4n) is 2.29. The summed E-state index contributed by atoms with van der Waals surface area (Å²) in [6.07, 6.45) is 4.52. The largest absolute Gasteiger partial charge is 0.493 e. The molecule has 1 saturated carbocycles. The number of amides is 1. The fourth-order valence-corrected chi connectivity index (χ4v) is 2.29. The van der Waals surface area contributed by atoms with Gasteiger partial charge >= 0.3 is 0 Å². The summed E-state index contributed by atoms with van der Waals surface area (Å²) in [5.41, 5.74) is 6.25. The summed E-state index contributed by atoms with van der Waals surface area (Å²) in [4.78, 5) is 11.7. The monoisotopic (exact) mass is 264 g/mol. The molecule has 19 heavy (non-hydrogen) atoms. The average molecular weight is 264 g/mol. The van der Waals surface area contributed by atoms with Crippen molar-refractivity contribution in [1.29, 1.82) is 0 Å². The zero-order valence-corrected chi connectivity index (χ0v) is 11.1. The Hall–Kier alpha value is -1.91. The van der Waals surface area contributed by atoms with Crippen LogP contribution in [0.5, 0.6) is 11.5 Å². The lowest BCUT2D eigenvalue weighted by Gasteiger charge is -2.14. The fraction of sp³-hybridized carbons (Fsp3) is 0.500. The number of hydrogen-bond donors (Lipinski definition) is 2. The third-order valence-electron chi connectivity index (χ3n) is 3.27. The van der Waals surface area contributed by atoms with E-state index in [-0.39, 0.29) is 12.5 Å². The van der Waals surface area contributed by atoms with Crippen LogP contribution in [0.25, 0.3) is 0 Å². The molecular formula is C14H20N2O3. The summed E-state index contributed by atoms with van der Waals surface area (Å²) in [5.74, 6) is 0.970. The van der Waals surface area contributed by atoms with Crippen molar-refractivity contribution in [3.63, 3.8) is 0 Å². The molecule has 2 rings (SSSR count). The highest BCUT2D eigenvalue weighted by Gasteiger charge is 2.17. The van der Waals surface area contributed by atoms with E-state index >= 15 is 0 Å². The number of carbonyl (C=O) groups is 1. The van der Waals surface area contributed by atoms with E-state index in [0.717, 1.165) is 12.8 Å². The summed E-state index contributed by atoms with van der Waals surface area (Å²) in [6.45, 7) is -0.00320. The lowest BCUT2D eigenvalue weighted by Crippen LogP contribution is -2.36. The molecule has 0 saturated heterocycles. The molecule has 0 bridgehead atoms. The number of anilines is 1. The first-order valence-corrected chi connectivity index (χ1v) is 6.54. The van der Waals surface area contributed by atoms with Crippen LogP contribution in [0.3, 0.4) is 0 Å². The van der Waals surface area contributed by atoms with Gasteiger partial charge in [-0.25, -0.2) is 0 Å². The van der Waals surface area contributed by atoms with Gasteiger partial charge in [-0.15, -0.1) is 0 Å². The zero-order chi connectivity index (χ0) is 13.7. The van der Waals surface area contributed by atoms with E-state index < -0.39 is 0 Å². The number of carbonyl (C=O) groups excluding carboxylic acids is 1. The van der Waals surface area contributed by atoms with Crippen molar-refractivity contribution in [3.05, 3.63) is 18.2 Å². The molecule has 1 fully saturated rings. The quantitative estimate of drug-likeness (QED) is 0.794. The van der Waals surface area contributed by atoms with Crippen molar-refractivity contribution in [3.8, 4) is 11.5 Å². The van der Waals surface area contributed by atoms with Gasteiger partial charge in [-0.3, -0.25) is 4.79 Å². The minimum Gasteiger partial charge on any atom is -0.493 e. The second kappa shape index (κ2) is 6.31. The molecule has 104 valence electrons. The zero-order valence-electron chi connectivity index (χ0n) is 11.1. The van der Waals surface area contributed by atoms with Crippen molar-refractivity contribution in [2.75, 3.05) is 19.5 Å². The Morgan fingerprint density at radius 2 is 2.11 bits per heavy atom. The van der Waals surface area contributed by atoms with Gasteiger partial charge in [0.05, 0.1) is 7.11 Å². The maximum absolute atomic E-state index is 11.7. The lowest BCUT2D eigenvalue weighted by molar-refractivity contribution is -0.123. The number of hydrogen-bond acceptors (Lipinski definition) is 4. The number of rotatable bonds is 5. The smallest absolute Gasteiger partial charge is 0.258 e.